The lowest BCUT2D eigenvalue weighted by molar-refractivity contribution is 0.327. The second kappa shape index (κ2) is 7.68. The van der Waals surface area contributed by atoms with Crippen molar-refractivity contribution in [2.75, 3.05) is 13.1 Å². The lowest BCUT2D eigenvalue weighted by Gasteiger charge is -2.21. The van der Waals surface area contributed by atoms with Crippen LogP contribution in [0.3, 0.4) is 0 Å². The summed E-state index contributed by atoms with van der Waals surface area (Å²) < 4.78 is 2.23. The van der Waals surface area contributed by atoms with E-state index in [0.717, 1.165) is 25.4 Å². The van der Waals surface area contributed by atoms with Gasteiger partial charge in [-0.1, -0.05) is 33.1 Å². The van der Waals surface area contributed by atoms with E-state index in [-0.39, 0.29) is 0 Å². The third-order valence-electron chi connectivity index (χ3n) is 4.25. The fourth-order valence-corrected chi connectivity index (χ4v) is 2.95. The average molecular weight is 263 g/mol. The third kappa shape index (κ3) is 4.64. The first-order valence-electron chi connectivity index (χ1n) is 8.04. The molecule has 1 aliphatic carbocycles. The maximum absolute atomic E-state index is 4.78. The maximum Gasteiger partial charge on any atom is 0.0624 e. The molecule has 108 valence electrons. The summed E-state index contributed by atoms with van der Waals surface area (Å²) >= 11 is 0. The van der Waals surface area contributed by atoms with Crippen LogP contribution in [0.4, 0.5) is 0 Å². The molecular formula is C16H29N3. The fraction of sp³-hybridized carbons (Fsp3) is 0.812. The van der Waals surface area contributed by atoms with Gasteiger partial charge in [-0.15, -0.1) is 0 Å². The van der Waals surface area contributed by atoms with Gasteiger partial charge in [0.15, 0.2) is 0 Å². The minimum Gasteiger partial charge on any atom is -0.317 e. The Kier molecular flexibility index (Phi) is 5.90. The topological polar surface area (TPSA) is 29.9 Å². The summed E-state index contributed by atoms with van der Waals surface area (Å²) in [7, 11) is 0. The summed E-state index contributed by atoms with van der Waals surface area (Å²) in [5, 5.41) is 8.20. The first kappa shape index (κ1) is 14.6. The van der Waals surface area contributed by atoms with Crippen LogP contribution in [0, 0.1) is 5.92 Å². The Balaban J connectivity index is 1.77. The summed E-state index contributed by atoms with van der Waals surface area (Å²) in [5.74, 6) is 0.736. The van der Waals surface area contributed by atoms with Crippen molar-refractivity contribution >= 4 is 0 Å². The van der Waals surface area contributed by atoms with Crippen LogP contribution in [0.1, 0.15) is 64.1 Å². The minimum absolute atomic E-state index is 0.668. The molecule has 1 aromatic heterocycles. The molecule has 1 fully saturated rings. The molecule has 1 unspecified atom stereocenters. The number of nitrogens with one attached hydrogen (secondary N) is 1. The normalized spacial score (nSPS) is 18.6. The Labute approximate surface area is 117 Å². The number of aryl methyl sites for hydroxylation is 1. The second-order valence-electron chi connectivity index (χ2n) is 6.03. The third-order valence-corrected chi connectivity index (χ3v) is 4.25. The number of rotatable bonds is 7. The van der Waals surface area contributed by atoms with Crippen LogP contribution < -0.4 is 5.32 Å². The lowest BCUT2D eigenvalue weighted by Crippen LogP contribution is -2.21. The maximum atomic E-state index is 4.78. The zero-order valence-corrected chi connectivity index (χ0v) is 12.6. The van der Waals surface area contributed by atoms with Crippen molar-refractivity contribution in [2.45, 2.75) is 64.8 Å². The molecule has 0 bridgehead atoms. The van der Waals surface area contributed by atoms with E-state index in [1.54, 1.807) is 0 Å². The number of aromatic nitrogens is 2. The molecule has 1 aromatic rings. The summed E-state index contributed by atoms with van der Waals surface area (Å²) in [6.07, 6.45) is 11.3. The molecule has 2 rings (SSSR count). The first-order chi connectivity index (χ1) is 9.29. The summed E-state index contributed by atoms with van der Waals surface area (Å²) in [4.78, 5) is 0. The molecule has 1 aliphatic rings. The molecule has 0 amide bonds. The number of hydrogen-bond donors (Lipinski definition) is 1. The molecule has 1 saturated carbocycles. The monoisotopic (exact) mass is 263 g/mol. The van der Waals surface area contributed by atoms with Gasteiger partial charge in [-0.3, -0.25) is 4.68 Å². The van der Waals surface area contributed by atoms with Crippen molar-refractivity contribution in [1.29, 1.82) is 0 Å². The van der Waals surface area contributed by atoms with Crippen LogP contribution in [-0.2, 0) is 6.42 Å². The molecule has 1 atom stereocenters. The predicted octanol–water partition coefficient (Wildman–Crippen LogP) is 3.57. The zero-order chi connectivity index (χ0) is 13.5. The molecular weight excluding hydrogens is 234 g/mol. The van der Waals surface area contributed by atoms with Gasteiger partial charge < -0.3 is 5.32 Å². The van der Waals surface area contributed by atoms with Crippen LogP contribution in [0.25, 0.3) is 0 Å². The molecule has 0 spiro atoms. The smallest absolute Gasteiger partial charge is 0.0624 e. The Bertz CT molecular complexity index is 353. The zero-order valence-electron chi connectivity index (χ0n) is 12.6. The largest absolute Gasteiger partial charge is 0.317 e. The van der Waals surface area contributed by atoms with E-state index in [1.807, 2.05) is 0 Å². The summed E-state index contributed by atoms with van der Waals surface area (Å²) in [6.45, 7) is 6.68. The van der Waals surface area contributed by atoms with E-state index >= 15 is 0 Å². The van der Waals surface area contributed by atoms with Gasteiger partial charge in [0.1, 0.15) is 0 Å². The molecule has 19 heavy (non-hydrogen) atoms. The van der Waals surface area contributed by atoms with Crippen molar-refractivity contribution in [3.63, 3.8) is 0 Å². The van der Waals surface area contributed by atoms with Crippen LogP contribution >= 0.6 is 0 Å². The van der Waals surface area contributed by atoms with Gasteiger partial charge in [-0.05, 0) is 50.8 Å². The highest BCUT2D eigenvalue weighted by atomic mass is 15.3. The molecule has 3 heteroatoms. The van der Waals surface area contributed by atoms with Gasteiger partial charge in [0.25, 0.3) is 0 Å². The molecule has 3 nitrogen and oxygen atoms in total. The Morgan fingerprint density at radius 1 is 1.37 bits per heavy atom. The van der Waals surface area contributed by atoms with Gasteiger partial charge >= 0.3 is 0 Å². The molecule has 0 saturated heterocycles. The van der Waals surface area contributed by atoms with Crippen molar-refractivity contribution in [2.24, 2.45) is 5.92 Å². The standard InChI is InChI=1S/C16H29N3/c1-3-17-13-14(2)9-10-15-11-12-19(18-15)16-7-5-4-6-8-16/h11-12,14,16-17H,3-10,13H2,1-2H3. The van der Waals surface area contributed by atoms with Crippen LogP contribution in [0.15, 0.2) is 12.3 Å². The van der Waals surface area contributed by atoms with E-state index in [9.17, 15) is 0 Å². The molecule has 0 aromatic carbocycles. The Morgan fingerprint density at radius 3 is 2.89 bits per heavy atom. The van der Waals surface area contributed by atoms with Crippen molar-refractivity contribution in [1.82, 2.24) is 15.1 Å². The Morgan fingerprint density at radius 2 is 2.16 bits per heavy atom. The van der Waals surface area contributed by atoms with Gasteiger partial charge in [-0.2, -0.15) is 5.10 Å². The molecule has 0 aliphatic heterocycles. The molecule has 1 heterocycles. The van der Waals surface area contributed by atoms with E-state index in [4.69, 9.17) is 5.10 Å². The Hall–Kier alpha value is -0.830. The first-order valence-corrected chi connectivity index (χ1v) is 8.04. The second-order valence-corrected chi connectivity index (χ2v) is 6.03. The van der Waals surface area contributed by atoms with Gasteiger partial charge in [-0.25, -0.2) is 0 Å². The van der Waals surface area contributed by atoms with Gasteiger partial charge in [0.2, 0.25) is 0 Å². The van der Waals surface area contributed by atoms with Crippen LogP contribution in [0.2, 0.25) is 0 Å². The highest BCUT2D eigenvalue weighted by Gasteiger charge is 2.16. The highest BCUT2D eigenvalue weighted by molar-refractivity contribution is 5.00. The van der Waals surface area contributed by atoms with Crippen LogP contribution in [-0.4, -0.2) is 22.9 Å². The minimum atomic E-state index is 0.668. The van der Waals surface area contributed by atoms with Gasteiger partial charge in [0.05, 0.1) is 11.7 Å². The van der Waals surface area contributed by atoms with E-state index < -0.39 is 0 Å². The quantitative estimate of drug-likeness (QED) is 0.815. The SMILES string of the molecule is CCNCC(C)CCc1ccn(C2CCCCC2)n1. The van der Waals surface area contributed by atoms with Crippen molar-refractivity contribution < 1.29 is 0 Å². The number of nitrogens with zero attached hydrogens (tertiary/aromatic N) is 2. The average Bonchev–Trinajstić information content (AvgIpc) is 2.93. The van der Waals surface area contributed by atoms with E-state index in [1.165, 1.54) is 44.2 Å². The molecule has 1 N–H and O–H groups in total. The van der Waals surface area contributed by atoms with Crippen LogP contribution in [0.5, 0.6) is 0 Å². The summed E-state index contributed by atoms with van der Waals surface area (Å²) in [6, 6.07) is 2.89. The van der Waals surface area contributed by atoms with E-state index in [0.29, 0.717) is 6.04 Å². The fourth-order valence-electron chi connectivity index (χ4n) is 2.95. The van der Waals surface area contributed by atoms with Crippen molar-refractivity contribution in [3.8, 4) is 0 Å². The molecule has 0 radical (unpaired) electrons. The predicted molar refractivity (Wildman–Crippen MR) is 80.4 cm³/mol. The number of hydrogen-bond acceptors (Lipinski definition) is 2. The van der Waals surface area contributed by atoms with Crippen molar-refractivity contribution in [3.05, 3.63) is 18.0 Å². The summed E-state index contributed by atoms with van der Waals surface area (Å²) in [5.41, 5.74) is 1.27. The lowest BCUT2D eigenvalue weighted by atomic mass is 9.96. The van der Waals surface area contributed by atoms with E-state index in [2.05, 4.69) is 36.1 Å². The van der Waals surface area contributed by atoms with Gasteiger partial charge in [0, 0.05) is 6.20 Å². The highest BCUT2D eigenvalue weighted by Crippen LogP contribution is 2.27.